The lowest BCUT2D eigenvalue weighted by atomic mass is 9.94. The van der Waals surface area contributed by atoms with Gasteiger partial charge in [0.2, 0.25) is 5.91 Å². The van der Waals surface area contributed by atoms with Gasteiger partial charge in [0.05, 0.1) is 12.5 Å². The molecule has 1 aliphatic rings. The van der Waals surface area contributed by atoms with Gasteiger partial charge in [0.25, 0.3) is 5.56 Å². The molecular weight excluding hydrogens is 324 g/mol. The molecular formula is C17H18N4O2S. The standard InChI is InChI=1S/C17H18N4O2S/c1-10-12(17(23)21-15(19-10)5-7-18-21)9-16(22)20-13-3-2-4-14-11(13)6-8-24-14/h5-8,13,18H,2-4,9H2,1H3,(H,20,22). The van der Waals surface area contributed by atoms with Gasteiger partial charge in [-0.1, -0.05) is 0 Å². The van der Waals surface area contributed by atoms with Crippen LogP contribution in [0.15, 0.2) is 28.5 Å². The van der Waals surface area contributed by atoms with Crippen molar-refractivity contribution in [3.05, 3.63) is 55.8 Å². The first kappa shape index (κ1) is 15.1. The minimum atomic E-state index is -0.211. The molecule has 1 aliphatic carbocycles. The van der Waals surface area contributed by atoms with Gasteiger partial charge in [0.15, 0.2) is 5.65 Å². The molecule has 0 spiro atoms. The van der Waals surface area contributed by atoms with Gasteiger partial charge < -0.3 is 5.32 Å². The van der Waals surface area contributed by atoms with Gasteiger partial charge in [0, 0.05) is 28.4 Å². The third-order valence-electron chi connectivity index (χ3n) is 4.57. The minimum absolute atomic E-state index is 0.0512. The van der Waals surface area contributed by atoms with Crippen LogP contribution in [0.25, 0.3) is 5.65 Å². The second kappa shape index (κ2) is 5.90. The molecule has 2 N–H and O–H groups in total. The zero-order valence-corrected chi connectivity index (χ0v) is 14.2. The first-order valence-corrected chi connectivity index (χ1v) is 8.92. The highest BCUT2D eigenvalue weighted by Crippen LogP contribution is 2.33. The molecule has 0 saturated carbocycles. The maximum absolute atomic E-state index is 12.5. The van der Waals surface area contributed by atoms with Crippen molar-refractivity contribution in [1.29, 1.82) is 0 Å². The van der Waals surface area contributed by atoms with E-state index in [2.05, 4.69) is 26.8 Å². The first-order valence-electron chi connectivity index (χ1n) is 8.05. The van der Waals surface area contributed by atoms with Crippen molar-refractivity contribution in [2.75, 3.05) is 0 Å². The number of nitrogens with one attached hydrogen (secondary N) is 2. The summed E-state index contributed by atoms with van der Waals surface area (Å²) in [6.45, 7) is 1.77. The van der Waals surface area contributed by atoms with Crippen molar-refractivity contribution in [3.63, 3.8) is 0 Å². The Kier molecular flexibility index (Phi) is 3.72. The van der Waals surface area contributed by atoms with E-state index in [-0.39, 0.29) is 23.9 Å². The van der Waals surface area contributed by atoms with E-state index in [9.17, 15) is 9.59 Å². The highest BCUT2D eigenvalue weighted by molar-refractivity contribution is 7.10. The number of aryl methyl sites for hydroxylation is 2. The second-order valence-corrected chi connectivity index (χ2v) is 7.13. The number of carbonyl (C=O) groups is 1. The van der Waals surface area contributed by atoms with Crippen molar-refractivity contribution in [2.45, 2.75) is 38.6 Å². The van der Waals surface area contributed by atoms with Crippen LogP contribution in [0.1, 0.15) is 40.6 Å². The lowest BCUT2D eigenvalue weighted by Gasteiger charge is -2.23. The number of nitrogens with zero attached hydrogens (tertiary/aromatic N) is 2. The molecule has 0 radical (unpaired) electrons. The number of hydrogen-bond donors (Lipinski definition) is 2. The quantitative estimate of drug-likeness (QED) is 0.765. The summed E-state index contributed by atoms with van der Waals surface area (Å²) in [6, 6.07) is 3.88. The van der Waals surface area contributed by atoms with Gasteiger partial charge >= 0.3 is 0 Å². The summed E-state index contributed by atoms with van der Waals surface area (Å²) >= 11 is 1.75. The lowest BCUT2D eigenvalue weighted by molar-refractivity contribution is -0.121. The summed E-state index contributed by atoms with van der Waals surface area (Å²) < 4.78 is 1.37. The van der Waals surface area contributed by atoms with E-state index in [1.165, 1.54) is 15.0 Å². The number of carbonyl (C=O) groups excluding carboxylic acids is 1. The third kappa shape index (κ3) is 2.54. The lowest BCUT2D eigenvalue weighted by Crippen LogP contribution is -2.34. The molecule has 6 nitrogen and oxygen atoms in total. The average Bonchev–Trinajstić information content (AvgIpc) is 3.20. The highest BCUT2D eigenvalue weighted by Gasteiger charge is 2.23. The van der Waals surface area contributed by atoms with E-state index in [1.54, 1.807) is 30.5 Å². The van der Waals surface area contributed by atoms with Crippen molar-refractivity contribution in [1.82, 2.24) is 19.9 Å². The molecule has 3 aromatic heterocycles. The molecule has 24 heavy (non-hydrogen) atoms. The average molecular weight is 342 g/mol. The Labute approximate surface area is 142 Å². The number of aromatic amines is 1. The minimum Gasteiger partial charge on any atom is -0.349 e. The van der Waals surface area contributed by atoms with E-state index in [1.807, 2.05) is 0 Å². The van der Waals surface area contributed by atoms with Crippen LogP contribution in [-0.4, -0.2) is 20.5 Å². The van der Waals surface area contributed by atoms with E-state index in [4.69, 9.17) is 0 Å². The van der Waals surface area contributed by atoms with Crippen LogP contribution in [0.5, 0.6) is 0 Å². The van der Waals surface area contributed by atoms with Gasteiger partial charge in [-0.25, -0.2) is 9.50 Å². The van der Waals surface area contributed by atoms with Crippen LogP contribution >= 0.6 is 11.3 Å². The van der Waals surface area contributed by atoms with Gasteiger partial charge in [-0.3, -0.25) is 14.7 Å². The SMILES string of the molecule is Cc1nc2cc[nH]n2c(=O)c1CC(=O)NC1CCCc2sccc21. The van der Waals surface area contributed by atoms with Crippen molar-refractivity contribution >= 4 is 22.9 Å². The van der Waals surface area contributed by atoms with Crippen molar-refractivity contribution in [2.24, 2.45) is 0 Å². The largest absolute Gasteiger partial charge is 0.349 e. The zero-order valence-electron chi connectivity index (χ0n) is 13.3. The maximum Gasteiger partial charge on any atom is 0.276 e. The maximum atomic E-state index is 12.5. The van der Waals surface area contributed by atoms with Crippen molar-refractivity contribution < 1.29 is 4.79 Å². The number of rotatable bonds is 3. The van der Waals surface area contributed by atoms with Crippen LogP contribution in [0.4, 0.5) is 0 Å². The van der Waals surface area contributed by atoms with Gasteiger partial charge in [-0.05, 0) is 43.2 Å². The fraction of sp³-hybridized carbons (Fsp3) is 0.353. The van der Waals surface area contributed by atoms with E-state index >= 15 is 0 Å². The predicted octanol–water partition coefficient (Wildman–Crippen LogP) is 2.13. The molecule has 1 amide bonds. The predicted molar refractivity (Wildman–Crippen MR) is 92.4 cm³/mol. The van der Waals surface area contributed by atoms with Crippen LogP contribution in [0.3, 0.4) is 0 Å². The smallest absolute Gasteiger partial charge is 0.276 e. The van der Waals surface area contributed by atoms with E-state index in [0.717, 1.165) is 19.3 Å². The summed E-state index contributed by atoms with van der Waals surface area (Å²) in [5, 5.41) is 8.00. The van der Waals surface area contributed by atoms with Gasteiger partial charge in [0.1, 0.15) is 0 Å². The number of amides is 1. The van der Waals surface area contributed by atoms with E-state index in [0.29, 0.717) is 16.9 Å². The highest BCUT2D eigenvalue weighted by atomic mass is 32.1. The molecule has 0 saturated heterocycles. The number of thiophene rings is 1. The monoisotopic (exact) mass is 342 g/mol. The Bertz CT molecular complexity index is 969. The molecule has 0 bridgehead atoms. The van der Waals surface area contributed by atoms with Crippen molar-refractivity contribution in [3.8, 4) is 0 Å². The first-order chi connectivity index (χ1) is 11.6. The van der Waals surface area contributed by atoms with Gasteiger partial charge in [-0.15, -0.1) is 11.3 Å². The number of H-pyrrole nitrogens is 1. The summed E-state index contributed by atoms with van der Waals surface area (Å²) in [7, 11) is 0. The zero-order chi connectivity index (χ0) is 16.7. The molecule has 3 aromatic rings. The van der Waals surface area contributed by atoms with Crippen LogP contribution < -0.4 is 10.9 Å². The summed E-state index contributed by atoms with van der Waals surface area (Å²) in [5.74, 6) is -0.132. The molecule has 4 rings (SSSR count). The molecule has 0 fully saturated rings. The Morgan fingerprint density at radius 3 is 3.25 bits per heavy atom. The molecule has 0 aromatic carbocycles. The second-order valence-electron chi connectivity index (χ2n) is 6.13. The summed E-state index contributed by atoms with van der Waals surface area (Å²) in [4.78, 5) is 30.7. The number of aromatic nitrogens is 3. The Balaban J connectivity index is 1.56. The third-order valence-corrected chi connectivity index (χ3v) is 5.57. The molecule has 0 aliphatic heterocycles. The number of hydrogen-bond acceptors (Lipinski definition) is 4. The number of fused-ring (bicyclic) bond motifs is 2. The Morgan fingerprint density at radius 2 is 2.38 bits per heavy atom. The molecule has 3 heterocycles. The van der Waals surface area contributed by atoms with Crippen LogP contribution in [0, 0.1) is 6.92 Å². The molecule has 1 unspecified atom stereocenters. The van der Waals surface area contributed by atoms with E-state index < -0.39 is 0 Å². The normalized spacial score (nSPS) is 17.0. The van der Waals surface area contributed by atoms with Crippen LogP contribution in [-0.2, 0) is 17.6 Å². The van der Waals surface area contributed by atoms with Gasteiger partial charge in [-0.2, -0.15) is 0 Å². The fourth-order valence-corrected chi connectivity index (χ4v) is 4.34. The van der Waals surface area contributed by atoms with Crippen LogP contribution in [0.2, 0.25) is 0 Å². The summed E-state index contributed by atoms with van der Waals surface area (Å²) in [5.41, 5.74) is 2.63. The topological polar surface area (TPSA) is 79.3 Å². The fourth-order valence-electron chi connectivity index (χ4n) is 3.35. The molecule has 1 atom stereocenters. The Morgan fingerprint density at radius 1 is 1.50 bits per heavy atom. The molecule has 124 valence electrons. The summed E-state index contributed by atoms with van der Waals surface area (Å²) in [6.07, 6.45) is 4.83. The molecule has 7 heteroatoms. The Hall–Kier alpha value is -2.41.